The van der Waals surface area contributed by atoms with Crippen molar-refractivity contribution < 1.29 is 4.79 Å². The highest BCUT2D eigenvalue weighted by Crippen LogP contribution is 2.29. The zero-order chi connectivity index (χ0) is 20.4. The summed E-state index contributed by atoms with van der Waals surface area (Å²) in [6.45, 7) is 0.577. The second-order valence-corrected chi connectivity index (χ2v) is 7.66. The van der Waals surface area contributed by atoms with Crippen LogP contribution in [-0.2, 0) is 11.2 Å². The first-order chi connectivity index (χ1) is 14.0. The van der Waals surface area contributed by atoms with Gasteiger partial charge in [-0.15, -0.1) is 0 Å². The minimum absolute atomic E-state index is 0.102. The number of hydrogen-bond donors (Lipinski definition) is 1. The molecule has 2 aliphatic rings. The van der Waals surface area contributed by atoms with E-state index in [2.05, 4.69) is 12.1 Å². The average molecular weight is 402 g/mol. The number of fused-ring (bicyclic) bond motifs is 1. The Balaban J connectivity index is 1.47. The Hall–Kier alpha value is -3.13. The number of nitrogens with zero attached hydrogens (tertiary/aromatic N) is 2. The maximum Gasteiger partial charge on any atom is 0.244 e. The summed E-state index contributed by atoms with van der Waals surface area (Å²) in [7, 11) is 0. The highest BCUT2D eigenvalue weighted by atomic mass is 35.5. The second kappa shape index (κ2) is 8.08. The lowest BCUT2D eigenvalue weighted by molar-refractivity contribution is -0.129. The van der Waals surface area contributed by atoms with Crippen LogP contribution in [0.5, 0.6) is 0 Å². The fraction of sp³-hybridized carbons (Fsp3) is 0.167. The Morgan fingerprint density at radius 1 is 1.21 bits per heavy atom. The molecule has 1 atom stereocenters. The molecule has 0 spiro atoms. The molecule has 2 aromatic carbocycles. The lowest BCUT2D eigenvalue weighted by Gasteiger charge is -2.19. The first kappa shape index (κ1) is 19.2. The summed E-state index contributed by atoms with van der Waals surface area (Å²) in [5.74, 6) is -0.102. The van der Waals surface area contributed by atoms with Crippen LogP contribution in [0.15, 0.2) is 78.0 Å². The number of amides is 1. The third-order valence-electron chi connectivity index (χ3n) is 5.25. The SMILES string of the molecule is N#Cc1cccc(-c2ccc(CC(N)C(=O)N3C=C4CC=CC=C4C3)c(Cl)c2)c1. The van der Waals surface area contributed by atoms with E-state index in [-0.39, 0.29) is 5.91 Å². The Labute approximate surface area is 175 Å². The topological polar surface area (TPSA) is 70.1 Å². The van der Waals surface area contributed by atoms with Gasteiger partial charge in [-0.2, -0.15) is 5.26 Å². The minimum Gasteiger partial charge on any atom is -0.320 e. The molecular formula is C24H20ClN3O. The van der Waals surface area contributed by atoms with Crippen molar-refractivity contribution in [3.05, 3.63) is 94.2 Å². The molecule has 1 unspecified atom stereocenters. The number of allylic oxidation sites excluding steroid dienone is 3. The van der Waals surface area contributed by atoms with Crippen molar-refractivity contribution in [1.29, 1.82) is 5.26 Å². The van der Waals surface area contributed by atoms with E-state index in [0.29, 0.717) is 23.6 Å². The summed E-state index contributed by atoms with van der Waals surface area (Å²) < 4.78 is 0. The van der Waals surface area contributed by atoms with Crippen LogP contribution >= 0.6 is 11.6 Å². The van der Waals surface area contributed by atoms with Gasteiger partial charge in [-0.05, 0) is 58.9 Å². The summed E-state index contributed by atoms with van der Waals surface area (Å²) >= 11 is 6.49. The summed E-state index contributed by atoms with van der Waals surface area (Å²) in [5.41, 5.74) is 11.8. The number of nitrogens with two attached hydrogens (primary N) is 1. The molecule has 1 heterocycles. The highest BCUT2D eigenvalue weighted by Gasteiger charge is 2.27. The van der Waals surface area contributed by atoms with Gasteiger partial charge in [-0.3, -0.25) is 4.79 Å². The molecular weight excluding hydrogens is 382 g/mol. The molecule has 0 fully saturated rings. The molecule has 1 aliphatic carbocycles. The van der Waals surface area contributed by atoms with Gasteiger partial charge in [0.15, 0.2) is 0 Å². The van der Waals surface area contributed by atoms with Crippen LogP contribution in [0, 0.1) is 11.3 Å². The van der Waals surface area contributed by atoms with Crippen LogP contribution < -0.4 is 5.73 Å². The Kier molecular flexibility index (Phi) is 5.35. The Morgan fingerprint density at radius 3 is 2.79 bits per heavy atom. The van der Waals surface area contributed by atoms with Crippen molar-refractivity contribution >= 4 is 17.5 Å². The Bertz CT molecular complexity index is 1110. The molecule has 0 radical (unpaired) electrons. The fourth-order valence-electron chi connectivity index (χ4n) is 3.66. The van der Waals surface area contributed by atoms with Crippen LogP contribution in [0.25, 0.3) is 11.1 Å². The van der Waals surface area contributed by atoms with Crippen LogP contribution in [-0.4, -0.2) is 23.4 Å². The number of halogens is 1. The maximum atomic E-state index is 12.8. The normalized spacial score (nSPS) is 16.0. The van der Waals surface area contributed by atoms with Gasteiger partial charge in [0.25, 0.3) is 0 Å². The third kappa shape index (κ3) is 4.02. The molecule has 2 aromatic rings. The van der Waals surface area contributed by atoms with Crippen LogP contribution in [0.4, 0.5) is 0 Å². The van der Waals surface area contributed by atoms with E-state index in [9.17, 15) is 4.79 Å². The van der Waals surface area contributed by atoms with Gasteiger partial charge in [0.2, 0.25) is 5.91 Å². The van der Waals surface area contributed by atoms with Gasteiger partial charge in [-0.25, -0.2) is 0 Å². The molecule has 4 nitrogen and oxygen atoms in total. The lowest BCUT2D eigenvalue weighted by atomic mass is 9.99. The van der Waals surface area contributed by atoms with Gasteiger partial charge < -0.3 is 10.6 Å². The number of benzene rings is 2. The number of carbonyl (C=O) groups is 1. The molecule has 5 heteroatoms. The number of rotatable bonds is 4. The second-order valence-electron chi connectivity index (χ2n) is 7.25. The zero-order valence-corrected chi connectivity index (χ0v) is 16.6. The lowest BCUT2D eigenvalue weighted by Crippen LogP contribution is -2.42. The number of carbonyl (C=O) groups excluding carboxylic acids is 1. The van der Waals surface area contributed by atoms with Crippen LogP contribution in [0.2, 0.25) is 5.02 Å². The van der Waals surface area contributed by atoms with Crippen molar-refractivity contribution in [3.8, 4) is 17.2 Å². The summed E-state index contributed by atoms with van der Waals surface area (Å²) in [4.78, 5) is 14.5. The largest absolute Gasteiger partial charge is 0.320 e. The van der Waals surface area contributed by atoms with Gasteiger partial charge >= 0.3 is 0 Å². The van der Waals surface area contributed by atoms with Crippen molar-refractivity contribution in [2.24, 2.45) is 5.73 Å². The molecule has 4 rings (SSSR count). The molecule has 0 aromatic heterocycles. The Morgan fingerprint density at radius 2 is 2.03 bits per heavy atom. The van der Waals surface area contributed by atoms with Crippen LogP contribution in [0.3, 0.4) is 0 Å². The predicted octanol–water partition coefficient (Wildman–Crippen LogP) is 4.36. The predicted molar refractivity (Wildman–Crippen MR) is 115 cm³/mol. The molecule has 0 bridgehead atoms. The van der Waals surface area contributed by atoms with Crippen LogP contribution in [0.1, 0.15) is 17.5 Å². The van der Waals surface area contributed by atoms with E-state index in [1.807, 2.05) is 54.8 Å². The van der Waals surface area contributed by atoms with Crippen molar-refractivity contribution in [2.75, 3.05) is 6.54 Å². The molecule has 1 amide bonds. The standard InChI is InChI=1S/C24H20ClN3O/c25-22-11-18(17-7-3-4-16(10-17)13-26)8-9-19(22)12-23(27)24(29)28-14-20-5-1-2-6-21(20)15-28/h1-5,7-11,15,23H,6,12,14,27H2. The first-order valence-electron chi connectivity index (χ1n) is 9.47. The maximum absolute atomic E-state index is 12.8. The highest BCUT2D eigenvalue weighted by molar-refractivity contribution is 6.31. The molecule has 0 saturated heterocycles. The number of hydrogen-bond acceptors (Lipinski definition) is 3. The van der Waals surface area contributed by atoms with Crippen molar-refractivity contribution in [2.45, 2.75) is 18.9 Å². The van der Waals surface area contributed by atoms with Gasteiger partial charge in [0.1, 0.15) is 0 Å². The van der Waals surface area contributed by atoms with Gasteiger partial charge in [0.05, 0.1) is 24.2 Å². The molecule has 144 valence electrons. The minimum atomic E-state index is -0.661. The van der Waals surface area contributed by atoms with E-state index in [1.165, 1.54) is 11.1 Å². The van der Waals surface area contributed by atoms with E-state index in [4.69, 9.17) is 22.6 Å². The van der Waals surface area contributed by atoms with E-state index < -0.39 is 6.04 Å². The number of nitriles is 1. The first-order valence-corrected chi connectivity index (χ1v) is 9.85. The average Bonchev–Trinajstić information content (AvgIpc) is 3.18. The molecule has 0 saturated carbocycles. The summed E-state index contributed by atoms with van der Waals surface area (Å²) in [6.07, 6.45) is 9.28. The third-order valence-corrected chi connectivity index (χ3v) is 5.61. The molecule has 2 N–H and O–H groups in total. The smallest absolute Gasteiger partial charge is 0.244 e. The van der Waals surface area contributed by atoms with Gasteiger partial charge in [-0.1, -0.05) is 54.1 Å². The summed E-state index contributed by atoms with van der Waals surface area (Å²) in [6, 6.07) is 14.5. The van der Waals surface area contributed by atoms with Crippen molar-refractivity contribution in [1.82, 2.24) is 4.90 Å². The summed E-state index contributed by atoms with van der Waals surface area (Å²) in [5, 5.41) is 9.64. The fourth-order valence-corrected chi connectivity index (χ4v) is 3.92. The van der Waals surface area contributed by atoms with Gasteiger partial charge in [0, 0.05) is 11.2 Å². The molecule has 1 aliphatic heterocycles. The van der Waals surface area contributed by atoms with E-state index >= 15 is 0 Å². The zero-order valence-electron chi connectivity index (χ0n) is 15.8. The van der Waals surface area contributed by atoms with Crippen molar-refractivity contribution in [3.63, 3.8) is 0 Å². The van der Waals surface area contributed by atoms with E-state index in [0.717, 1.165) is 23.1 Å². The quantitative estimate of drug-likeness (QED) is 0.827. The van der Waals surface area contributed by atoms with E-state index in [1.54, 1.807) is 11.0 Å². The molecule has 29 heavy (non-hydrogen) atoms. The monoisotopic (exact) mass is 401 g/mol.